The van der Waals surface area contributed by atoms with Crippen molar-refractivity contribution in [3.63, 3.8) is 0 Å². The van der Waals surface area contributed by atoms with Crippen molar-refractivity contribution in [1.82, 2.24) is 4.90 Å². The molecule has 4 aromatic rings. The van der Waals surface area contributed by atoms with Gasteiger partial charge in [0.2, 0.25) is 10.0 Å². The molecular weight excluding hydrogens is 585 g/mol. The normalized spacial score (nSPS) is 11.6. The van der Waals surface area contributed by atoms with E-state index < -0.39 is 16.1 Å². The number of hydrogen-bond donors (Lipinski definition) is 2. The predicted octanol–water partition coefficient (Wildman–Crippen LogP) is 5.50. The zero-order valence-corrected chi connectivity index (χ0v) is 25.4. The number of ether oxygens (including phenoxy) is 2. The average molecular weight is 617 g/mol. The molecule has 0 heterocycles. The molecule has 43 heavy (non-hydrogen) atoms. The number of nitrogens with zero attached hydrogens (tertiary/aromatic N) is 2. The van der Waals surface area contributed by atoms with Gasteiger partial charge in [-0.15, -0.1) is 0 Å². The highest BCUT2D eigenvalue weighted by Gasteiger charge is 2.18. The van der Waals surface area contributed by atoms with E-state index in [4.69, 9.17) is 32.6 Å². The number of methoxy groups -OCH3 is 1. The van der Waals surface area contributed by atoms with Gasteiger partial charge in [0.25, 0.3) is 0 Å². The first-order valence-electron chi connectivity index (χ1n) is 13.4. The Morgan fingerprint density at radius 2 is 1.58 bits per heavy atom. The Balaban J connectivity index is 1.46. The first-order valence-corrected chi connectivity index (χ1v) is 15.4. The molecule has 4 rings (SSSR count). The molecule has 0 bridgehead atoms. The largest absolute Gasteiger partial charge is 0.497 e. The van der Waals surface area contributed by atoms with Crippen molar-refractivity contribution in [3.05, 3.63) is 114 Å². The molecule has 4 N–H and O–H groups in total. The number of amides is 1. The van der Waals surface area contributed by atoms with Crippen LogP contribution in [0, 0.1) is 0 Å². The zero-order chi connectivity index (χ0) is 31.0. The number of amidine groups is 1. The lowest BCUT2D eigenvalue weighted by Gasteiger charge is -2.22. The average Bonchev–Trinajstić information content (AvgIpc) is 3.01. The summed E-state index contributed by atoms with van der Waals surface area (Å²) < 4.78 is 34.8. The van der Waals surface area contributed by atoms with E-state index in [-0.39, 0.29) is 17.3 Å². The van der Waals surface area contributed by atoms with Crippen LogP contribution in [0.25, 0.3) is 11.1 Å². The summed E-state index contributed by atoms with van der Waals surface area (Å²) >= 11 is 5.46. The molecule has 9 nitrogen and oxygen atoms in total. The van der Waals surface area contributed by atoms with Crippen molar-refractivity contribution in [2.24, 2.45) is 15.9 Å². The number of thiocarbonyl (C=S) groups is 1. The first-order chi connectivity index (χ1) is 20.6. The highest BCUT2D eigenvalue weighted by molar-refractivity contribution is 7.89. The SMILES string of the molecule is CCCN(Cc1cccc(C(N)=NC(=S)c2ccc(OC)cc2)c1)C(=O)Oc1ccc(-c2ccccc2S(N)(=O)=O)cc1. The fourth-order valence-electron chi connectivity index (χ4n) is 4.35. The minimum Gasteiger partial charge on any atom is -0.497 e. The van der Waals surface area contributed by atoms with Gasteiger partial charge in [-0.2, -0.15) is 0 Å². The molecule has 4 aromatic carbocycles. The summed E-state index contributed by atoms with van der Waals surface area (Å²) in [5, 5.41) is 5.37. The first kappa shape index (κ1) is 31.4. The number of hydrogen-bond acceptors (Lipinski definition) is 6. The molecule has 0 aliphatic carbocycles. The third-order valence-electron chi connectivity index (χ3n) is 6.47. The van der Waals surface area contributed by atoms with Crippen molar-refractivity contribution in [3.8, 4) is 22.6 Å². The lowest BCUT2D eigenvalue weighted by Crippen LogP contribution is -2.33. The number of nitrogens with two attached hydrogens (primary N) is 2. The molecule has 0 aliphatic heterocycles. The van der Waals surface area contributed by atoms with Gasteiger partial charge in [0.05, 0.1) is 12.0 Å². The number of primary sulfonamides is 1. The fourth-order valence-corrected chi connectivity index (χ4v) is 5.34. The van der Waals surface area contributed by atoms with Gasteiger partial charge in [-0.1, -0.05) is 67.7 Å². The molecule has 0 radical (unpaired) electrons. The Labute approximate surface area is 256 Å². The van der Waals surface area contributed by atoms with Gasteiger partial charge in [0.1, 0.15) is 22.3 Å². The van der Waals surface area contributed by atoms with Crippen LogP contribution in [0.15, 0.2) is 107 Å². The van der Waals surface area contributed by atoms with Crippen molar-refractivity contribution < 1.29 is 22.7 Å². The minimum atomic E-state index is -3.91. The van der Waals surface area contributed by atoms with E-state index in [0.717, 1.165) is 17.5 Å². The van der Waals surface area contributed by atoms with E-state index in [0.29, 0.717) is 39.7 Å². The smallest absolute Gasteiger partial charge is 0.415 e. The second-order valence-electron chi connectivity index (χ2n) is 9.59. The maximum atomic E-state index is 13.1. The quantitative estimate of drug-likeness (QED) is 0.136. The van der Waals surface area contributed by atoms with Gasteiger partial charge in [0.15, 0.2) is 0 Å². The van der Waals surface area contributed by atoms with Gasteiger partial charge in [-0.3, -0.25) is 0 Å². The Kier molecular flexibility index (Phi) is 10.3. The zero-order valence-electron chi connectivity index (χ0n) is 23.8. The molecule has 0 aliphatic rings. The van der Waals surface area contributed by atoms with Crippen LogP contribution in [0.5, 0.6) is 11.5 Å². The Bertz CT molecular complexity index is 1740. The van der Waals surface area contributed by atoms with Crippen LogP contribution in [0.4, 0.5) is 4.79 Å². The van der Waals surface area contributed by atoms with Gasteiger partial charge in [-0.05, 0) is 66.1 Å². The molecule has 0 saturated carbocycles. The van der Waals surface area contributed by atoms with Crippen LogP contribution in [0.3, 0.4) is 0 Å². The van der Waals surface area contributed by atoms with Gasteiger partial charge >= 0.3 is 6.09 Å². The molecule has 0 atom stereocenters. The third-order valence-corrected chi connectivity index (χ3v) is 7.77. The Morgan fingerprint density at radius 3 is 2.23 bits per heavy atom. The molecule has 0 fully saturated rings. The second-order valence-corrected chi connectivity index (χ2v) is 11.5. The van der Waals surface area contributed by atoms with Gasteiger partial charge in [-0.25, -0.2) is 23.3 Å². The molecule has 11 heteroatoms. The van der Waals surface area contributed by atoms with Gasteiger partial charge in [0, 0.05) is 29.8 Å². The fraction of sp³-hybridized carbons (Fsp3) is 0.156. The van der Waals surface area contributed by atoms with Gasteiger partial charge < -0.3 is 20.1 Å². The number of carbonyl (C=O) groups is 1. The number of sulfonamides is 1. The summed E-state index contributed by atoms with van der Waals surface area (Å²) in [6.45, 7) is 2.73. The Morgan fingerprint density at radius 1 is 0.907 bits per heavy atom. The monoisotopic (exact) mass is 616 g/mol. The van der Waals surface area contributed by atoms with Crippen LogP contribution in [0.1, 0.15) is 30.0 Å². The van der Waals surface area contributed by atoms with E-state index in [1.54, 1.807) is 66.6 Å². The van der Waals surface area contributed by atoms with Crippen molar-refractivity contribution in [1.29, 1.82) is 0 Å². The van der Waals surface area contributed by atoms with E-state index in [2.05, 4.69) is 4.99 Å². The van der Waals surface area contributed by atoms with E-state index >= 15 is 0 Å². The lowest BCUT2D eigenvalue weighted by molar-refractivity contribution is 0.149. The highest BCUT2D eigenvalue weighted by atomic mass is 32.2. The number of rotatable bonds is 10. The lowest BCUT2D eigenvalue weighted by atomic mass is 10.1. The molecule has 1 amide bonds. The molecule has 0 unspecified atom stereocenters. The number of carbonyl (C=O) groups excluding carboxylic acids is 1. The number of benzene rings is 4. The summed E-state index contributed by atoms with van der Waals surface area (Å²) in [7, 11) is -2.31. The maximum Gasteiger partial charge on any atom is 0.415 e. The predicted molar refractivity (Wildman–Crippen MR) is 172 cm³/mol. The highest BCUT2D eigenvalue weighted by Crippen LogP contribution is 2.28. The van der Waals surface area contributed by atoms with Crippen molar-refractivity contribution >= 4 is 39.2 Å². The van der Waals surface area contributed by atoms with E-state index in [1.165, 1.54) is 6.07 Å². The van der Waals surface area contributed by atoms with Crippen LogP contribution in [-0.2, 0) is 16.6 Å². The van der Waals surface area contributed by atoms with Crippen molar-refractivity contribution in [2.45, 2.75) is 24.8 Å². The maximum absolute atomic E-state index is 13.1. The van der Waals surface area contributed by atoms with Crippen molar-refractivity contribution in [2.75, 3.05) is 13.7 Å². The molecule has 0 saturated heterocycles. The molecular formula is C32H32N4O5S2. The van der Waals surface area contributed by atoms with E-state index in [1.807, 2.05) is 43.3 Å². The van der Waals surface area contributed by atoms with Crippen LogP contribution in [0.2, 0.25) is 0 Å². The molecule has 0 aromatic heterocycles. The summed E-state index contributed by atoms with van der Waals surface area (Å²) in [5.74, 6) is 1.30. The minimum absolute atomic E-state index is 0.0179. The van der Waals surface area contributed by atoms with Crippen LogP contribution in [-0.4, -0.2) is 43.9 Å². The second kappa shape index (κ2) is 14.1. The van der Waals surface area contributed by atoms with E-state index in [9.17, 15) is 13.2 Å². The summed E-state index contributed by atoms with van der Waals surface area (Å²) in [4.78, 5) is 19.5. The van der Waals surface area contributed by atoms with Crippen LogP contribution < -0.4 is 20.3 Å². The topological polar surface area (TPSA) is 137 Å². The summed E-state index contributed by atoms with van der Waals surface area (Å²) in [6, 6.07) is 27.7. The Hall–Kier alpha value is -4.58. The number of aliphatic imine (C=N–C) groups is 1. The summed E-state index contributed by atoms with van der Waals surface area (Å²) in [6.07, 6.45) is 0.199. The molecule has 222 valence electrons. The standard InChI is InChI=1S/C32H32N4O5S2/c1-3-19-36(32(37)41-27-17-11-23(12-18-27)28-9-4-5-10-29(28)43(34,38)39)21-22-7-6-8-25(20-22)30(33)35-31(42)24-13-15-26(40-2)16-14-24/h4-18,20H,3,19,21H2,1-2H3,(H2,33,35,42)(H2,34,38,39). The van der Waals surface area contributed by atoms with Crippen LogP contribution >= 0.6 is 12.2 Å². The molecule has 0 spiro atoms. The third kappa shape index (κ3) is 8.25. The summed E-state index contributed by atoms with van der Waals surface area (Å²) in [5.41, 5.74) is 9.63.